The molecule has 0 aliphatic heterocycles. The van der Waals surface area contributed by atoms with Crippen molar-refractivity contribution in [1.29, 1.82) is 0 Å². The van der Waals surface area contributed by atoms with Crippen LogP contribution in [0.1, 0.15) is 6.92 Å². The molecular formula is C13H12ClF2N3OS. The Kier molecular flexibility index (Phi) is 4.84. The van der Waals surface area contributed by atoms with Crippen molar-refractivity contribution in [2.24, 2.45) is 0 Å². The van der Waals surface area contributed by atoms with Gasteiger partial charge in [0.05, 0.1) is 16.1 Å². The van der Waals surface area contributed by atoms with Gasteiger partial charge in [-0.05, 0) is 19.1 Å². The van der Waals surface area contributed by atoms with E-state index in [-0.39, 0.29) is 21.0 Å². The fourth-order valence-electron chi connectivity index (χ4n) is 1.48. The Hall–Kier alpha value is -1.60. The molecule has 21 heavy (non-hydrogen) atoms. The monoisotopic (exact) mass is 331 g/mol. The number of hydrogen-bond donors (Lipinski definition) is 0. The van der Waals surface area contributed by atoms with Crippen molar-refractivity contribution in [2.75, 3.05) is 13.6 Å². The average Bonchev–Trinajstić information content (AvgIpc) is 2.83. The molecule has 0 aliphatic carbocycles. The van der Waals surface area contributed by atoms with Gasteiger partial charge >= 0.3 is 6.03 Å². The first-order valence-electron chi connectivity index (χ1n) is 6.06. The highest BCUT2D eigenvalue weighted by molar-refractivity contribution is 7.99. The lowest BCUT2D eigenvalue weighted by Gasteiger charge is -2.13. The van der Waals surface area contributed by atoms with Crippen molar-refractivity contribution in [2.45, 2.75) is 16.8 Å². The molecule has 0 aliphatic rings. The fraction of sp³-hybridized carbons (Fsp3) is 0.231. The number of carbonyl (C=O) groups is 1. The van der Waals surface area contributed by atoms with Gasteiger partial charge in [0, 0.05) is 13.6 Å². The van der Waals surface area contributed by atoms with Crippen molar-refractivity contribution >= 4 is 29.4 Å². The standard InChI is InChI=1S/C13H12ClF2N3OS/c1-3-18(2)13(20)19-7-8(14)12(17-19)21-10-6-4-5-9(15)11(10)16/h4-7H,3H2,1-2H3. The summed E-state index contributed by atoms with van der Waals surface area (Å²) >= 11 is 6.85. The van der Waals surface area contributed by atoms with Crippen molar-refractivity contribution in [3.63, 3.8) is 0 Å². The highest BCUT2D eigenvalue weighted by Crippen LogP contribution is 2.34. The molecule has 0 saturated carbocycles. The maximum atomic E-state index is 13.6. The number of amides is 1. The maximum Gasteiger partial charge on any atom is 0.344 e. The first-order valence-corrected chi connectivity index (χ1v) is 7.26. The molecule has 1 aromatic heterocycles. The van der Waals surface area contributed by atoms with E-state index in [9.17, 15) is 13.6 Å². The molecule has 0 spiro atoms. The molecule has 0 atom stereocenters. The van der Waals surface area contributed by atoms with Gasteiger partial charge in [0.2, 0.25) is 0 Å². The third kappa shape index (κ3) is 3.36. The van der Waals surface area contributed by atoms with Gasteiger partial charge in [-0.25, -0.2) is 13.6 Å². The molecule has 2 aromatic rings. The van der Waals surface area contributed by atoms with Crippen LogP contribution in [0.2, 0.25) is 5.02 Å². The van der Waals surface area contributed by atoms with E-state index in [2.05, 4.69) is 5.10 Å². The zero-order chi connectivity index (χ0) is 15.6. The van der Waals surface area contributed by atoms with Crippen LogP contribution >= 0.6 is 23.4 Å². The Morgan fingerprint density at radius 3 is 2.86 bits per heavy atom. The van der Waals surface area contributed by atoms with Crippen LogP contribution in [-0.4, -0.2) is 34.3 Å². The molecule has 0 N–H and O–H groups in total. The second-order valence-electron chi connectivity index (χ2n) is 4.18. The minimum atomic E-state index is -0.967. The highest BCUT2D eigenvalue weighted by Gasteiger charge is 2.17. The number of nitrogens with zero attached hydrogens (tertiary/aromatic N) is 3. The number of rotatable bonds is 3. The lowest BCUT2D eigenvalue weighted by atomic mass is 10.3. The van der Waals surface area contributed by atoms with Gasteiger partial charge in [0.1, 0.15) is 5.03 Å². The molecule has 2 rings (SSSR count). The summed E-state index contributed by atoms with van der Waals surface area (Å²) in [6, 6.07) is 3.48. The van der Waals surface area contributed by atoms with E-state index in [1.54, 1.807) is 7.05 Å². The molecule has 0 bridgehead atoms. The molecule has 4 nitrogen and oxygen atoms in total. The first-order chi connectivity index (χ1) is 9.93. The summed E-state index contributed by atoms with van der Waals surface area (Å²) in [6.45, 7) is 2.33. The summed E-state index contributed by atoms with van der Waals surface area (Å²) in [5.41, 5.74) is 0. The van der Waals surface area contributed by atoms with Crippen molar-refractivity contribution in [3.8, 4) is 0 Å². The molecule has 1 heterocycles. The van der Waals surface area contributed by atoms with Gasteiger partial charge in [0.25, 0.3) is 0 Å². The van der Waals surface area contributed by atoms with E-state index in [0.717, 1.165) is 22.5 Å². The van der Waals surface area contributed by atoms with E-state index >= 15 is 0 Å². The van der Waals surface area contributed by atoms with Gasteiger partial charge in [-0.2, -0.15) is 9.78 Å². The van der Waals surface area contributed by atoms with Gasteiger partial charge < -0.3 is 4.90 Å². The van der Waals surface area contributed by atoms with E-state index in [4.69, 9.17) is 11.6 Å². The third-order valence-corrected chi connectivity index (χ3v) is 4.18. The van der Waals surface area contributed by atoms with Crippen molar-refractivity contribution in [3.05, 3.63) is 41.1 Å². The van der Waals surface area contributed by atoms with Gasteiger partial charge in [-0.15, -0.1) is 0 Å². The highest BCUT2D eigenvalue weighted by atomic mass is 35.5. The van der Waals surface area contributed by atoms with Crippen LogP contribution in [0.3, 0.4) is 0 Å². The molecule has 0 fully saturated rings. The summed E-state index contributed by atoms with van der Waals surface area (Å²) in [4.78, 5) is 13.4. The van der Waals surface area contributed by atoms with Gasteiger partial charge in [-0.3, -0.25) is 0 Å². The number of benzene rings is 1. The zero-order valence-electron chi connectivity index (χ0n) is 11.3. The Morgan fingerprint density at radius 2 is 2.19 bits per heavy atom. The minimum Gasteiger partial charge on any atom is -0.326 e. The number of aromatic nitrogens is 2. The van der Waals surface area contributed by atoms with Crippen LogP contribution in [0.5, 0.6) is 0 Å². The van der Waals surface area contributed by atoms with Crippen LogP contribution in [0, 0.1) is 11.6 Å². The van der Waals surface area contributed by atoms with Crippen LogP contribution in [-0.2, 0) is 0 Å². The molecule has 1 aromatic carbocycles. The number of carbonyl (C=O) groups excluding carboxylic acids is 1. The quantitative estimate of drug-likeness (QED) is 0.856. The van der Waals surface area contributed by atoms with E-state index in [0.29, 0.717) is 6.54 Å². The van der Waals surface area contributed by atoms with Gasteiger partial charge in [0.15, 0.2) is 11.6 Å². The molecule has 0 saturated heterocycles. The first kappa shape index (κ1) is 15.8. The molecule has 0 unspecified atom stereocenters. The number of hydrogen-bond acceptors (Lipinski definition) is 3. The fourth-order valence-corrected chi connectivity index (χ4v) is 2.55. The minimum absolute atomic E-state index is 0.0541. The zero-order valence-corrected chi connectivity index (χ0v) is 12.9. The Balaban J connectivity index is 2.28. The molecule has 1 amide bonds. The van der Waals surface area contributed by atoms with Crippen LogP contribution in [0.15, 0.2) is 34.3 Å². The molecule has 0 radical (unpaired) electrons. The molecule has 112 valence electrons. The number of halogens is 3. The normalized spacial score (nSPS) is 10.7. The Labute approximate surface area is 129 Å². The van der Waals surface area contributed by atoms with E-state index in [1.165, 1.54) is 23.2 Å². The van der Waals surface area contributed by atoms with E-state index in [1.807, 2.05) is 6.92 Å². The smallest absolute Gasteiger partial charge is 0.326 e. The summed E-state index contributed by atoms with van der Waals surface area (Å²) < 4.78 is 27.9. The molecular weight excluding hydrogens is 320 g/mol. The summed E-state index contributed by atoms with van der Waals surface area (Å²) in [7, 11) is 1.62. The van der Waals surface area contributed by atoms with Crippen LogP contribution < -0.4 is 0 Å². The van der Waals surface area contributed by atoms with E-state index < -0.39 is 11.6 Å². The van der Waals surface area contributed by atoms with Gasteiger partial charge in [-0.1, -0.05) is 29.4 Å². The second-order valence-corrected chi connectivity index (χ2v) is 5.62. The Morgan fingerprint density at radius 1 is 1.48 bits per heavy atom. The van der Waals surface area contributed by atoms with Crippen molar-refractivity contribution < 1.29 is 13.6 Å². The summed E-state index contributed by atoms with van der Waals surface area (Å²) in [5, 5.41) is 4.44. The molecule has 8 heteroatoms. The second kappa shape index (κ2) is 6.44. The van der Waals surface area contributed by atoms with Crippen LogP contribution in [0.4, 0.5) is 13.6 Å². The lowest BCUT2D eigenvalue weighted by Crippen LogP contribution is -2.31. The largest absolute Gasteiger partial charge is 0.344 e. The predicted molar refractivity (Wildman–Crippen MR) is 76.8 cm³/mol. The third-order valence-electron chi connectivity index (χ3n) is 2.76. The summed E-state index contributed by atoms with van der Waals surface area (Å²) in [6.07, 6.45) is 1.34. The SMILES string of the molecule is CCN(C)C(=O)n1cc(Cl)c(Sc2cccc(F)c2F)n1. The summed E-state index contributed by atoms with van der Waals surface area (Å²) in [5.74, 6) is -1.91. The predicted octanol–water partition coefficient (Wildman–Crippen LogP) is 3.89. The lowest BCUT2D eigenvalue weighted by molar-refractivity contribution is 0.209. The van der Waals surface area contributed by atoms with Crippen molar-refractivity contribution in [1.82, 2.24) is 14.7 Å². The average molecular weight is 332 g/mol. The van der Waals surface area contributed by atoms with Crippen LogP contribution in [0.25, 0.3) is 0 Å². The topological polar surface area (TPSA) is 38.1 Å². The maximum absolute atomic E-state index is 13.6. The Bertz CT molecular complexity index is 677.